The molecule has 0 aromatic rings. The van der Waals surface area contributed by atoms with E-state index < -0.39 is 0 Å². The Morgan fingerprint density at radius 1 is 1.45 bits per heavy atom. The third kappa shape index (κ3) is 2.99. The molecule has 0 radical (unpaired) electrons. The fourth-order valence-electron chi connectivity index (χ4n) is 1.05. The summed E-state index contributed by atoms with van der Waals surface area (Å²) in [6.45, 7) is 2.03. The van der Waals surface area contributed by atoms with E-state index in [-0.39, 0.29) is 6.29 Å². The van der Waals surface area contributed by atoms with Crippen LogP contribution in [-0.2, 0) is 9.47 Å². The molecule has 66 valence electrons. The average molecular weight is 177 g/mol. The molecular weight excluding hydrogens is 162 g/mol. The highest BCUT2D eigenvalue weighted by Crippen LogP contribution is 2.20. The maximum Gasteiger partial charge on any atom is 0.170 e. The highest BCUT2D eigenvalue weighted by atomic mass is 32.2. The Kier molecular flexibility index (Phi) is 4.22. The molecule has 0 N–H and O–H groups in total. The van der Waals surface area contributed by atoms with Gasteiger partial charge in [0.15, 0.2) is 6.29 Å². The van der Waals surface area contributed by atoms with Crippen LogP contribution in [0.3, 0.4) is 0 Å². The van der Waals surface area contributed by atoms with E-state index in [1.54, 1.807) is 14.2 Å². The normalized spacial score (nSPS) is 19.9. The highest BCUT2D eigenvalue weighted by Gasteiger charge is 2.16. The number of ether oxygens (including phenoxy) is 2. The van der Waals surface area contributed by atoms with Crippen LogP contribution < -0.4 is 0 Å². The molecule has 0 aliphatic carbocycles. The Hall–Kier alpha value is 0.230. The van der Waals surface area contributed by atoms with Gasteiger partial charge in [0.1, 0.15) is 0 Å². The molecule has 0 unspecified atom stereocenters. The van der Waals surface area contributed by atoms with Crippen molar-refractivity contribution in [2.45, 2.75) is 12.7 Å². The summed E-state index contributed by atoms with van der Waals surface area (Å²) >= 11 is 1.87. The number of methoxy groups -OCH3 is 2. The lowest BCUT2D eigenvalue weighted by Crippen LogP contribution is -2.28. The molecule has 0 aromatic heterocycles. The molecule has 0 amide bonds. The van der Waals surface area contributed by atoms with Gasteiger partial charge in [-0.15, -0.1) is 0 Å². The van der Waals surface area contributed by atoms with E-state index >= 15 is 0 Å². The molecule has 4 heteroatoms. The Bertz CT molecular complexity index is 103. The minimum Gasteiger partial charge on any atom is -0.355 e. The van der Waals surface area contributed by atoms with Gasteiger partial charge in [0.05, 0.1) is 6.54 Å². The van der Waals surface area contributed by atoms with Crippen LogP contribution in [0.5, 0.6) is 0 Å². The van der Waals surface area contributed by atoms with Gasteiger partial charge in [-0.05, 0) is 6.42 Å². The van der Waals surface area contributed by atoms with E-state index in [1.165, 1.54) is 12.2 Å². The summed E-state index contributed by atoms with van der Waals surface area (Å²) < 4.78 is 12.5. The van der Waals surface area contributed by atoms with Gasteiger partial charge in [-0.25, -0.2) is 4.31 Å². The second kappa shape index (κ2) is 4.98. The van der Waals surface area contributed by atoms with Crippen LogP contribution in [0.25, 0.3) is 0 Å². The summed E-state index contributed by atoms with van der Waals surface area (Å²) in [5.41, 5.74) is 0. The minimum atomic E-state index is -0.0689. The second-order valence-corrected chi connectivity index (χ2v) is 3.66. The molecule has 0 spiro atoms. The van der Waals surface area contributed by atoms with Crippen LogP contribution in [0.15, 0.2) is 0 Å². The van der Waals surface area contributed by atoms with Crippen molar-refractivity contribution in [1.82, 2.24) is 4.31 Å². The standard InChI is InChI=1S/C7H15NO2S/c1-9-7(10-2)6-8-4-3-5-11-8/h7H,3-6H2,1-2H3. The molecular formula is C7H15NO2S. The van der Waals surface area contributed by atoms with Crippen LogP contribution in [0.4, 0.5) is 0 Å². The smallest absolute Gasteiger partial charge is 0.170 e. The van der Waals surface area contributed by atoms with Gasteiger partial charge < -0.3 is 9.47 Å². The van der Waals surface area contributed by atoms with Crippen molar-refractivity contribution < 1.29 is 9.47 Å². The summed E-state index contributed by atoms with van der Waals surface area (Å²) in [6, 6.07) is 0. The number of hydrogen-bond donors (Lipinski definition) is 0. The maximum absolute atomic E-state index is 5.08. The minimum absolute atomic E-state index is 0.0689. The highest BCUT2D eigenvalue weighted by molar-refractivity contribution is 7.97. The molecule has 0 bridgehead atoms. The Morgan fingerprint density at radius 2 is 2.18 bits per heavy atom. The van der Waals surface area contributed by atoms with Crippen LogP contribution in [-0.4, -0.2) is 43.7 Å². The van der Waals surface area contributed by atoms with Crippen molar-refractivity contribution in [1.29, 1.82) is 0 Å². The third-order valence-corrected chi connectivity index (χ3v) is 2.87. The van der Waals surface area contributed by atoms with E-state index in [0.29, 0.717) is 0 Å². The van der Waals surface area contributed by atoms with Gasteiger partial charge >= 0.3 is 0 Å². The topological polar surface area (TPSA) is 21.7 Å². The molecule has 0 saturated carbocycles. The zero-order valence-corrected chi connectivity index (χ0v) is 7.89. The summed E-state index contributed by atoms with van der Waals surface area (Å²) in [5.74, 6) is 1.24. The molecule has 1 rings (SSSR count). The summed E-state index contributed by atoms with van der Waals surface area (Å²) in [7, 11) is 3.35. The predicted octanol–water partition coefficient (Wildman–Crippen LogP) is 0.959. The maximum atomic E-state index is 5.08. The Labute approximate surface area is 72.2 Å². The molecule has 11 heavy (non-hydrogen) atoms. The number of nitrogens with zero attached hydrogens (tertiary/aromatic N) is 1. The van der Waals surface area contributed by atoms with Gasteiger partial charge in [-0.3, -0.25) is 0 Å². The zero-order valence-electron chi connectivity index (χ0n) is 7.08. The summed E-state index contributed by atoms with van der Waals surface area (Å²) in [5, 5.41) is 0. The second-order valence-electron chi connectivity index (χ2n) is 2.48. The van der Waals surface area contributed by atoms with E-state index in [9.17, 15) is 0 Å². The lowest BCUT2D eigenvalue weighted by atomic mass is 10.5. The van der Waals surface area contributed by atoms with Crippen LogP contribution in [0.2, 0.25) is 0 Å². The van der Waals surface area contributed by atoms with Crippen molar-refractivity contribution in [2.24, 2.45) is 0 Å². The molecule has 1 heterocycles. The first kappa shape index (κ1) is 9.32. The van der Waals surface area contributed by atoms with Crippen LogP contribution in [0, 0.1) is 0 Å². The molecule has 1 aliphatic rings. The fourth-order valence-corrected chi connectivity index (χ4v) is 2.06. The first-order valence-electron chi connectivity index (χ1n) is 3.80. The molecule has 1 aliphatic heterocycles. The van der Waals surface area contributed by atoms with Crippen molar-refractivity contribution in [3.05, 3.63) is 0 Å². The molecule has 1 fully saturated rings. The summed E-state index contributed by atoms with van der Waals surface area (Å²) in [4.78, 5) is 0. The average Bonchev–Trinajstić information content (AvgIpc) is 2.52. The van der Waals surface area contributed by atoms with Crippen molar-refractivity contribution in [2.75, 3.05) is 33.1 Å². The van der Waals surface area contributed by atoms with Gasteiger partial charge in [-0.2, -0.15) is 0 Å². The first-order chi connectivity index (χ1) is 5.36. The Morgan fingerprint density at radius 3 is 2.64 bits per heavy atom. The van der Waals surface area contributed by atoms with Gasteiger partial charge in [0, 0.05) is 26.5 Å². The third-order valence-electron chi connectivity index (χ3n) is 1.70. The molecule has 3 nitrogen and oxygen atoms in total. The van der Waals surface area contributed by atoms with Crippen LogP contribution >= 0.6 is 11.9 Å². The first-order valence-corrected chi connectivity index (χ1v) is 4.74. The number of hydrogen-bond acceptors (Lipinski definition) is 4. The van der Waals surface area contributed by atoms with Crippen molar-refractivity contribution >= 4 is 11.9 Å². The lowest BCUT2D eigenvalue weighted by molar-refractivity contribution is -0.106. The largest absolute Gasteiger partial charge is 0.355 e. The van der Waals surface area contributed by atoms with E-state index in [1.807, 2.05) is 11.9 Å². The SMILES string of the molecule is COC(CN1CCCS1)OC. The zero-order chi connectivity index (χ0) is 8.10. The number of rotatable bonds is 4. The monoisotopic (exact) mass is 177 g/mol. The van der Waals surface area contributed by atoms with Gasteiger partial charge in [-0.1, -0.05) is 11.9 Å². The molecule has 0 atom stereocenters. The Balaban J connectivity index is 2.16. The van der Waals surface area contributed by atoms with E-state index in [2.05, 4.69) is 4.31 Å². The van der Waals surface area contributed by atoms with E-state index in [4.69, 9.17) is 9.47 Å². The van der Waals surface area contributed by atoms with Gasteiger partial charge in [0.2, 0.25) is 0 Å². The quantitative estimate of drug-likeness (QED) is 0.471. The summed E-state index contributed by atoms with van der Waals surface area (Å²) in [6.07, 6.45) is 1.21. The van der Waals surface area contributed by atoms with Crippen molar-refractivity contribution in [3.8, 4) is 0 Å². The predicted molar refractivity (Wildman–Crippen MR) is 46.5 cm³/mol. The molecule has 1 saturated heterocycles. The van der Waals surface area contributed by atoms with Gasteiger partial charge in [0.25, 0.3) is 0 Å². The fraction of sp³-hybridized carbons (Fsp3) is 1.00. The lowest BCUT2D eigenvalue weighted by Gasteiger charge is -2.19. The van der Waals surface area contributed by atoms with Crippen LogP contribution in [0.1, 0.15) is 6.42 Å². The molecule has 0 aromatic carbocycles. The van der Waals surface area contributed by atoms with Crippen molar-refractivity contribution in [3.63, 3.8) is 0 Å². The van der Waals surface area contributed by atoms with E-state index in [0.717, 1.165) is 13.1 Å².